The molecule has 0 saturated heterocycles. The van der Waals surface area contributed by atoms with Gasteiger partial charge in [-0.2, -0.15) is 0 Å². The monoisotopic (exact) mass is 265 g/mol. The SMILES string of the molecule is OCc1ccnc(-c2cncc(Br)c2)n1. The first-order chi connectivity index (χ1) is 7.29. The van der Waals surface area contributed by atoms with E-state index in [1.54, 1.807) is 24.7 Å². The maximum absolute atomic E-state index is 8.95. The smallest absolute Gasteiger partial charge is 0.161 e. The average molecular weight is 266 g/mol. The Hall–Kier alpha value is -1.33. The number of aromatic nitrogens is 3. The van der Waals surface area contributed by atoms with Crippen LogP contribution in [-0.2, 0) is 6.61 Å². The molecule has 0 bridgehead atoms. The van der Waals surface area contributed by atoms with Crippen molar-refractivity contribution in [2.75, 3.05) is 0 Å². The first-order valence-corrected chi connectivity index (χ1v) is 5.12. The van der Waals surface area contributed by atoms with Crippen LogP contribution in [0, 0.1) is 0 Å². The maximum Gasteiger partial charge on any atom is 0.161 e. The molecule has 0 spiro atoms. The lowest BCUT2D eigenvalue weighted by Crippen LogP contribution is -1.94. The molecule has 0 saturated carbocycles. The molecule has 4 nitrogen and oxygen atoms in total. The van der Waals surface area contributed by atoms with E-state index in [-0.39, 0.29) is 6.61 Å². The van der Waals surface area contributed by atoms with E-state index < -0.39 is 0 Å². The van der Waals surface area contributed by atoms with E-state index in [9.17, 15) is 0 Å². The number of hydrogen-bond donors (Lipinski definition) is 1. The van der Waals surface area contributed by atoms with Crippen LogP contribution in [0.25, 0.3) is 11.4 Å². The minimum atomic E-state index is -0.0864. The summed E-state index contributed by atoms with van der Waals surface area (Å²) < 4.78 is 0.873. The molecule has 0 aliphatic heterocycles. The van der Waals surface area contributed by atoms with Crippen LogP contribution in [-0.4, -0.2) is 20.1 Å². The van der Waals surface area contributed by atoms with Gasteiger partial charge in [0.1, 0.15) is 0 Å². The van der Waals surface area contributed by atoms with Crippen LogP contribution in [0.3, 0.4) is 0 Å². The Balaban J connectivity index is 2.44. The summed E-state index contributed by atoms with van der Waals surface area (Å²) in [5.41, 5.74) is 1.42. The van der Waals surface area contributed by atoms with Gasteiger partial charge in [0.25, 0.3) is 0 Å². The summed E-state index contributed by atoms with van der Waals surface area (Å²) in [5, 5.41) is 8.95. The fraction of sp³-hybridized carbons (Fsp3) is 0.100. The number of nitrogens with zero attached hydrogens (tertiary/aromatic N) is 3. The highest BCUT2D eigenvalue weighted by Gasteiger charge is 2.02. The van der Waals surface area contributed by atoms with Crippen molar-refractivity contribution in [3.05, 3.63) is 40.9 Å². The fourth-order valence-electron chi connectivity index (χ4n) is 1.16. The molecule has 1 N–H and O–H groups in total. The van der Waals surface area contributed by atoms with E-state index in [4.69, 9.17) is 5.11 Å². The molecule has 2 aromatic rings. The van der Waals surface area contributed by atoms with Gasteiger partial charge < -0.3 is 5.11 Å². The second-order valence-electron chi connectivity index (χ2n) is 2.92. The molecule has 15 heavy (non-hydrogen) atoms. The third-order valence-electron chi connectivity index (χ3n) is 1.84. The third-order valence-corrected chi connectivity index (χ3v) is 2.27. The third kappa shape index (κ3) is 2.37. The number of rotatable bonds is 2. The molecule has 2 aromatic heterocycles. The highest BCUT2D eigenvalue weighted by atomic mass is 79.9. The minimum absolute atomic E-state index is 0.0864. The van der Waals surface area contributed by atoms with Crippen molar-refractivity contribution in [1.29, 1.82) is 0 Å². The molecule has 2 heterocycles. The van der Waals surface area contributed by atoms with Crippen molar-refractivity contribution in [3.8, 4) is 11.4 Å². The van der Waals surface area contributed by atoms with Crippen LogP contribution in [0.4, 0.5) is 0 Å². The first kappa shape index (κ1) is 10.2. The van der Waals surface area contributed by atoms with Crippen LogP contribution in [0.1, 0.15) is 5.69 Å². The molecule has 0 unspecified atom stereocenters. The van der Waals surface area contributed by atoms with E-state index in [2.05, 4.69) is 30.9 Å². The summed E-state index contributed by atoms with van der Waals surface area (Å²) in [4.78, 5) is 12.3. The predicted molar refractivity (Wildman–Crippen MR) is 58.9 cm³/mol. The molecule has 0 aliphatic carbocycles. The summed E-state index contributed by atoms with van der Waals surface area (Å²) >= 11 is 3.33. The minimum Gasteiger partial charge on any atom is -0.390 e. The highest BCUT2D eigenvalue weighted by Crippen LogP contribution is 2.17. The number of hydrogen-bond acceptors (Lipinski definition) is 4. The zero-order valence-electron chi connectivity index (χ0n) is 7.76. The molecule has 5 heteroatoms. The van der Waals surface area contributed by atoms with Crippen molar-refractivity contribution < 1.29 is 5.11 Å². The Morgan fingerprint density at radius 3 is 2.93 bits per heavy atom. The number of halogens is 1. The van der Waals surface area contributed by atoms with Gasteiger partial charge in [-0.1, -0.05) is 0 Å². The molecule has 0 amide bonds. The Kier molecular flexibility index (Phi) is 3.03. The Labute approximate surface area is 95.2 Å². The van der Waals surface area contributed by atoms with Gasteiger partial charge in [0.2, 0.25) is 0 Å². The van der Waals surface area contributed by atoms with Gasteiger partial charge in [-0.3, -0.25) is 4.98 Å². The molecular weight excluding hydrogens is 258 g/mol. The lowest BCUT2D eigenvalue weighted by molar-refractivity contribution is 0.277. The molecular formula is C10H8BrN3O. The highest BCUT2D eigenvalue weighted by molar-refractivity contribution is 9.10. The van der Waals surface area contributed by atoms with Crippen LogP contribution < -0.4 is 0 Å². The van der Waals surface area contributed by atoms with Gasteiger partial charge in [0.15, 0.2) is 5.82 Å². The van der Waals surface area contributed by atoms with Crippen LogP contribution in [0.15, 0.2) is 35.2 Å². The van der Waals surface area contributed by atoms with Crippen LogP contribution >= 0.6 is 15.9 Å². The van der Waals surface area contributed by atoms with E-state index in [0.29, 0.717) is 11.5 Å². The molecule has 76 valence electrons. The summed E-state index contributed by atoms with van der Waals surface area (Å²) in [5.74, 6) is 0.565. The largest absolute Gasteiger partial charge is 0.390 e. The van der Waals surface area contributed by atoms with Gasteiger partial charge in [0.05, 0.1) is 12.3 Å². The lowest BCUT2D eigenvalue weighted by atomic mass is 10.2. The Morgan fingerprint density at radius 2 is 2.20 bits per heavy atom. The summed E-state index contributed by atoms with van der Waals surface area (Å²) in [6.45, 7) is -0.0864. The van der Waals surface area contributed by atoms with Crippen LogP contribution in [0.2, 0.25) is 0 Å². The molecule has 0 radical (unpaired) electrons. The van der Waals surface area contributed by atoms with Crippen LogP contribution in [0.5, 0.6) is 0 Å². The zero-order valence-corrected chi connectivity index (χ0v) is 9.35. The van der Waals surface area contributed by atoms with Crippen molar-refractivity contribution in [3.63, 3.8) is 0 Å². The normalized spacial score (nSPS) is 10.3. The molecule has 2 rings (SSSR count). The summed E-state index contributed by atoms with van der Waals surface area (Å²) in [6, 6.07) is 3.55. The Bertz CT molecular complexity index is 476. The summed E-state index contributed by atoms with van der Waals surface area (Å²) in [6.07, 6.45) is 5.00. The molecule has 0 aromatic carbocycles. The number of aliphatic hydroxyl groups excluding tert-OH is 1. The van der Waals surface area contributed by atoms with Gasteiger partial charge in [-0.05, 0) is 28.1 Å². The summed E-state index contributed by atoms with van der Waals surface area (Å²) in [7, 11) is 0. The van der Waals surface area contributed by atoms with Crippen molar-refractivity contribution in [2.24, 2.45) is 0 Å². The van der Waals surface area contributed by atoms with Gasteiger partial charge in [0, 0.05) is 28.6 Å². The number of pyridine rings is 1. The fourth-order valence-corrected chi connectivity index (χ4v) is 1.52. The molecule has 0 aliphatic rings. The average Bonchev–Trinajstić information content (AvgIpc) is 2.29. The zero-order chi connectivity index (χ0) is 10.7. The van der Waals surface area contributed by atoms with Gasteiger partial charge >= 0.3 is 0 Å². The molecule has 0 atom stereocenters. The predicted octanol–water partition coefficient (Wildman–Crippen LogP) is 1.79. The Morgan fingerprint density at radius 1 is 1.33 bits per heavy atom. The van der Waals surface area contributed by atoms with E-state index in [1.165, 1.54) is 0 Å². The first-order valence-electron chi connectivity index (χ1n) is 4.33. The quantitative estimate of drug-likeness (QED) is 0.900. The standard InChI is InChI=1S/C10H8BrN3O/c11-8-3-7(4-12-5-8)10-13-2-1-9(6-15)14-10/h1-5,15H,6H2. The van der Waals surface area contributed by atoms with Gasteiger partial charge in [-0.15, -0.1) is 0 Å². The van der Waals surface area contributed by atoms with E-state index in [0.717, 1.165) is 10.0 Å². The maximum atomic E-state index is 8.95. The second-order valence-corrected chi connectivity index (χ2v) is 3.84. The van der Waals surface area contributed by atoms with Crippen molar-refractivity contribution in [1.82, 2.24) is 15.0 Å². The van der Waals surface area contributed by atoms with Gasteiger partial charge in [-0.25, -0.2) is 9.97 Å². The second kappa shape index (κ2) is 4.46. The topological polar surface area (TPSA) is 58.9 Å². The van der Waals surface area contributed by atoms with E-state index in [1.807, 2.05) is 6.07 Å². The molecule has 0 fully saturated rings. The van der Waals surface area contributed by atoms with Crippen molar-refractivity contribution >= 4 is 15.9 Å². The lowest BCUT2D eigenvalue weighted by Gasteiger charge is -2.01. The van der Waals surface area contributed by atoms with E-state index >= 15 is 0 Å². The van der Waals surface area contributed by atoms with Crippen molar-refractivity contribution in [2.45, 2.75) is 6.61 Å². The number of aliphatic hydroxyl groups is 1.